The van der Waals surface area contributed by atoms with Gasteiger partial charge in [0.15, 0.2) is 0 Å². The Morgan fingerprint density at radius 3 is 2.50 bits per heavy atom. The lowest BCUT2D eigenvalue weighted by Crippen LogP contribution is -2.02. The molecule has 0 fully saturated rings. The lowest BCUT2D eigenvalue weighted by molar-refractivity contribution is 1.05. The van der Waals surface area contributed by atoms with E-state index in [9.17, 15) is 0 Å². The Hall–Kier alpha value is 0.890. The summed E-state index contributed by atoms with van der Waals surface area (Å²) in [5.41, 5.74) is 0. The van der Waals surface area contributed by atoms with Crippen molar-refractivity contribution in [3.63, 3.8) is 0 Å². The van der Waals surface area contributed by atoms with Crippen molar-refractivity contribution in [1.29, 1.82) is 0 Å². The minimum atomic E-state index is 0.611. The molecule has 4 heteroatoms. The molecule has 0 atom stereocenters. The molecule has 6 heavy (non-hydrogen) atoms. The summed E-state index contributed by atoms with van der Waals surface area (Å²) in [6.45, 7) is 0.760. The highest BCUT2D eigenvalue weighted by atomic mass is 35.7. The van der Waals surface area contributed by atoms with Crippen molar-refractivity contribution in [1.82, 2.24) is 4.72 Å². The van der Waals surface area contributed by atoms with Gasteiger partial charge in [-0.15, -0.1) is 11.6 Å². The van der Waals surface area contributed by atoms with Gasteiger partial charge < -0.3 is 0 Å². The molecule has 1 nitrogen and oxygen atoms in total. The zero-order valence-corrected chi connectivity index (χ0v) is 5.41. The maximum atomic E-state index is 5.25. The molecule has 0 aromatic heterocycles. The Morgan fingerprint density at radius 2 is 2.33 bits per heavy atom. The molecule has 0 radical (unpaired) electrons. The third-order valence-electron chi connectivity index (χ3n) is 0.251. The van der Waals surface area contributed by atoms with Crippen molar-refractivity contribution < 1.29 is 0 Å². The van der Waals surface area contributed by atoms with Crippen LogP contribution < -0.4 is 4.72 Å². The summed E-state index contributed by atoms with van der Waals surface area (Å²) in [6.07, 6.45) is 0. The summed E-state index contributed by atoms with van der Waals surface area (Å²) in [5, 5.41) is 0. The van der Waals surface area contributed by atoms with Crippen molar-refractivity contribution in [3.8, 4) is 0 Å². The molecule has 0 saturated carbocycles. The van der Waals surface area contributed by atoms with Crippen molar-refractivity contribution in [2.24, 2.45) is 0 Å². The first-order chi connectivity index (χ1) is 2.91. The molecule has 0 aliphatic carbocycles. The minimum Gasteiger partial charge on any atom is -0.249 e. The Bertz CT molecular complexity index is 23.5. The van der Waals surface area contributed by atoms with E-state index in [0.717, 1.165) is 17.7 Å². The lowest BCUT2D eigenvalue weighted by Gasteiger charge is -1.87. The average molecular weight is 146 g/mol. The molecule has 1 N–H and O–H groups in total. The summed E-state index contributed by atoms with van der Waals surface area (Å²) in [7, 11) is 5.13. The summed E-state index contributed by atoms with van der Waals surface area (Å²) in [4.78, 5) is 0. The second kappa shape index (κ2) is 5.89. The molecule has 0 aromatic rings. The van der Waals surface area contributed by atoms with Crippen molar-refractivity contribution >= 4 is 33.4 Å². The number of nitrogens with one attached hydrogen (secondary N) is 1. The topological polar surface area (TPSA) is 12.0 Å². The fraction of sp³-hybridized carbons (Fsp3) is 1.00. The van der Waals surface area contributed by atoms with Gasteiger partial charge in [-0.1, -0.05) is 0 Å². The van der Waals surface area contributed by atoms with E-state index >= 15 is 0 Å². The zero-order valence-electron chi connectivity index (χ0n) is 3.08. The molecule has 0 aromatic carbocycles. The van der Waals surface area contributed by atoms with E-state index in [2.05, 4.69) is 4.72 Å². The maximum absolute atomic E-state index is 5.25. The summed E-state index contributed by atoms with van der Waals surface area (Å²) in [6, 6.07) is 0. The summed E-state index contributed by atoms with van der Waals surface area (Å²) < 4.78 is 2.75. The van der Waals surface area contributed by atoms with Gasteiger partial charge in [-0.2, -0.15) is 0 Å². The van der Waals surface area contributed by atoms with E-state index in [0.29, 0.717) is 5.88 Å². The molecule has 0 spiro atoms. The molecule has 0 rings (SSSR count). The third kappa shape index (κ3) is 4.89. The molecule has 0 aliphatic rings. The number of hydrogen-bond acceptors (Lipinski definition) is 2. The van der Waals surface area contributed by atoms with Gasteiger partial charge in [0.05, 0.1) is 0 Å². The molecule has 0 unspecified atom stereocenters. The summed E-state index contributed by atoms with van der Waals surface area (Å²) in [5.74, 6) is 0.611. The van der Waals surface area contributed by atoms with Gasteiger partial charge >= 0.3 is 0 Å². The first-order valence-corrected chi connectivity index (χ1v) is 3.66. The van der Waals surface area contributed by atoms with Crippen LogP contribution >= 0.6 is 33.4 Å². The van der Waals surface area contributed by atoms with E-state index in [1.54, 1.807) is 0 Å². The van der Waals surface area contributed by atoms with Gasteiger partial charge in [0.1, 0.15) is 0 Å². The monoisotopic (exact) mass is 145 g/mol. The van der Waals surface area contributed by atoms with E-state index in [4.69, 9.17) is 22.3 Å². The number of alkyl halides is 1. The van der Waals surface area contributed by atoms with Gasteiger partial charge in [0, 0.05) is 23.6 Å². The molecule has 0 amide bonds. The van der Waals surface area contributed by atoms with Gasteiger partial charge in [0.25, 0.3) is 0 Å². The fourth-order valence-corrected chi connectivity index (χ4v) is 0.694. The minimum absolute atomic E-state index is 0.611. The lowest BCUT2D eigenvalue weighted by atomic mass is 10.8. The van der Waals surface area contributed by atoms with Crippen LogP contribution in [0.5, 0.6) is 0 Å². The Morgan fingerprint density at radius 1 is 1.67 bits per heavy atom. The van der Waals surface area contributed by atoms with Crippen LogP contribution in [0, 0.1) is 0 Å². The first kappa shape index (κ1) is 6.89. The van der Waals surface area contributed by atoms with Gasteiger partial charge in [-0.05, 0) is 10.7 Å². The van der Waals surface area contributed by atoms with Crippen molar-refractivity contribution in [3.05, 3.63) is 0 Å². The van der Waals surface area contributed by atoms with Crippen LogP contribution in [0.3, 0.4) is 0 Å². The first-order valence-electron chi connectivity index (χ1n) is 1.48. The second-order valence-electron chi connectivity index (χ2n) is 0.660. The highest BCUT2D eigenvalue weighted by Crippen LogP contribution is 1.95. The van der Waals surface area contributed by atoms with Crippen LogP contribution in [0.25, 0.3) is 0 Å². The third-order valence-corrected chi connectivity index (χ3v) is 1.08. The van der Waals surface area contributed by atoms with Crippen LogP contribution in [-0.2, 0) is 0 Å². The second-order valence-corrected chi connectivity index (χ2v) is 1.94. The van der Waals surface area contributed by atoms with Crippen molar-refractivity contribution in [2.45, 2.75) is 0 Å². The predicted molar refractivity (Wildman–Crippen MR) is 32.2 cm³/mol. The van der Waals surface area contributed by atoms with Crippen LogP contribution in [0.2, 0.25) is 0 Å². The number of rotatable bonds is 3. The van der Waals surface area contributed by atoms with E-state index in [1.165, 1.54) is 0 Å². The number of hydrogen-bond donors (Lipinski definition) is 1. The molecule has 0 bridgehead atoms. The van der Waals surface area contributed by atoms with Crippen LogP contribution in [-0.4, -0.2) is 12.4 Å². The SMILES string of the molecule is ClCCNSCl. The molecule has 38 valence electrons. The normalized spacial score (nSPS) is 9.00. The average Bonchev–Trinajstić information content (AvgIpc) is 1.61. The summed E-state index contributed by atoms with van der Waals surface area (Å²) >= 11 is 6.31. The van der Waals surface area contributed by atoms with E-state index < -0.39 is 0 Å². The van der Waals surface area contributed by atoms with Gasteiger partial charge in [0.2, 0.25) is 0 Å². The van der Waals surface area contributed by atoms with Gasteiger partial charge in [-0.3, -0.25) is 0 Å². The Balaban J connectivity index is 2.34. The standard InChI is InChI=1S/C2H5Cl2NS/c3-1-2-5-6-4/h5H,1-2H2. The molecular weight excluding hydrogens is 141 g/mol. The molecule has 0 aliphatic heterocycles. The van der Waals surface area contributed by atoms with Crippen molar-refractivity contribution in [2.75, 3.05) is 12.4 Å². The van der Waals surface area contributed by atoms with Crippen LogP contribution in [0.4, 0.5) is 0 Å². The largest absolute Gasteiger partial charge is 0.249 e. The van der Waals surface area contributed by atoms with Gasteiger partial charge in [-0.25, -0.2) is 4.72 Å². The van der Waals surface area contributed by atoms with Crippen LogP contribution in [0.15, 0.2) is 0 Å². The zero-order chi connectivity index (χ0) is 4.83. The highest BCUT2D eigenvalue weighted by molar-refractivity contribution is 8.19. The fourth-order valence-electron chi connectivity index (χ4n) is 0.0772. The molecular formula is C2H5Cl2NS. The predicted octanol–water partition coefficient (Wildman–Crippen LogP) is 1.62. The Kier molecular flexibility index (Phi) is 6.76. The molecule has 0 heterocycles. The maximum Gasteiger partial charge on any atom is 0.0358 e. The quantitative estimate of drug-likeness (QED) is 0.368. The molecule has 0 saturated heterocycles. The Labute approximate surface area is 51.0 Å². The van der Waals surface area contributed by atoms with E-state index in [1.807, 2.05) is 0 Å². The smallest absolute Gasteiger partial charge is 0.0358 e. The van der Waals surface area contributed by atoms with E-state index in [-0.39, 0.29) is 0 Å². The number of halogens is 2. The highest BCUT2D eigenvalue weighted by Gasteiger charge is 1.75. The van der Waals surface area contributed by atoms with Crippen LogP contribution in [0.1, 0.15) is 0 Å².